The molecule has 1 aromatic carbocycles. The molecule has 7 heteroatoms. The van der Waals surface area contributed by atoms with E-state index in [1.807, 2.05) is 18.2 Å². The molecule has 0 aliphatic heterocycles. The highest BCUT2D eigenvalue weighted by Crippen LogP contribution is 2.32. The van der Waals surface area contributed by atoms with Crippen molar-refractivity contribution in [3.63, 3.8) is 0 Å². The highest BCUT2D eigenvalue weighted by atomic mass is 32.2. The van der Waals surface area contributed by atoms with Crippen molar-refractivity contribution in [2.45, 2.75) is 44.4 Å². The van der Waals surface area contributed by atoms with Crippen LogP contribution in [0.4, 0.5) is 0 Å². The minimum atomic E-state index is 0.0316. The zero-order valence-corrected chi connectivity index (χ0v) is 15.2. The predicted octanol–water partition coefficient (Wildman–Crippen LogP) is 3.01. The number of carbonyl (C=O) groups excluding carboxylic acids is 1. The van der Waals surface area contributed by atoms with E-state index in [1.54, 1.807) is 0 Å². The molecule has 2 aromatic heterocycles. The Morgan fingerprint density at radius 1 is 1.36 bits per heavy atom. The van der Waals surface area contributed by atoms with Crippen molar-refractivity contribution in [1.82, 2.24) is 25.1 Å². The summed E-state index contributed by atoms with van der Waals surface area (Å²) in [6, 6.07) is 8.39. The number of nitrogens with one attached hydrogen (secondary N) is 1. The molecule has 4 rings (SSSR count). The van der Waals surface area contributed by atoms with Crippen molar-refractivity contribution in [2.24, 2.45) is 5.92 Å². The molecule has 0 saturated heterocycles. The summed E-state index contributed by atoms with van der Waals surface area (Å²) in [5.74, 6) is 1.00. The van der Waals surface area contributed by atoms with Gasteiger partial charge in [0.2, 0.25) is 11.1 Å². The lowest BCUT2D eigenvalue weighted by Crippen LogP contribution is -2.35. The van der Waals surface area contributed by atoms with Gasteiger partial charge in [0.25, 0.3) is 0 Å². The van der Waals surface area contributed by atoms with Gasteiger partial charge in [-0.3, -0.25) is 4.79 Å². The normalized spacial score (nSPS) is 15.6. The highest BCUT2D eigenvalue weighted by Gasteiger charge is 2.28. The summed E-state index contributed by atoms with van der Waals surface area (Å²) in [5, 5.41) is 13.2. The van der Waals surface area contributed by atoms with Gasteiger partial charge >= 0.3 is 0 Å². The number of rotatable bonds is 6. The average Bonchev–Trinajstić information content (AvgIpc) is 3.42. The number of aromatic nitrogens is 4. The zero-order chi connectivity index (χ0) is 17.4. The molecule has 3 aromatic rings. The Kier molecular flexibility index (Phi) is 4.33. The number of nitrogens with zero attached hydrogens (tertiary/aromatic N) is 4. The number of fused-ring (bicyclic) bond motifs is 3. The number of benzene rings is 1. The molecule has 1 atom stereocenters. The van der Waals surface area contributed by atoms with E-state index in [9.17, 15) is 4.79 Å². The van der Waals surface area contributed by atoms with Crippen LogP contribution in [0, 0.1) is 5.92 Å². The Bertz CT molecular complexity index is 934. The first kappa shape index (κ1) is 16.3. The van der Waals surface area contributed by atoms with E-state index < -0.39 is 0 Å². The van der Waals surface area contributed by atoms with Gasteiger partial charge < -0.3 is 9.88 Å². The zero-order valence-electron chi connectivity index (χ0n) is 14.4. The Morgan fingerprint density at radius 3 is 2.92 bits per heavy atom. The van der Waals surface area contributed by atoms with Crippen molar-refractivity contribution < 1.29 is 4.79 Å². The van der Waals surface area contributed by atoms with Crippen LogP contribution in [0.1, 0.15) is 26.7 Å². The number of carbonyl (C=O) groups is 1. The number of thioether (sulfide) groups is 1. The van der Waals surface area contributed by atoms with Crippen LogP contribution in [0.25, 0.3) is 22.1 Å². The molecule has 1 aliphatic carbocycles. The average molecular weight is 355 g/mol. The summed E-state index contributed by atoms with van der Waals surface area (Å²) in [6.45, 7) is 4.98. The van der Waals surface area contributed by atoms with Crippen LogP contribution in [0.5, 0.6) is 0 Å². The van der Waals surface area contributed by atoms with Gasteiger partial charge in [-0.15, -0.1) is 10.2 Å². The molecular formula is C18H21N5OS. The summed E-state index contributed by atoms with van der Waals surface area (Å²) < 4.78 is 2.14. The summed E-state index contributed by atoms with van der Waals surface area (Å²) in [6.07, 6.45) is 2.44. The molecule has 0 spiro atoms. The molecule has 1 aliphatic rings. The topological polar surface area (TPSA) is 72.7 Å². The summed E-state index contributed by atoms with van der Waals surface area (Å²) in [5.41, 5.74) is 2.75. The van der Waals surface area contributed by atoms with Crippen molar-refractivity contribution in [3.05, 3.63) is 24.3 Å². The molecule has 1 unspecified atom stereocenters. The molecule has 0 bridgehead atoms. The number of amides is 1. The van der Waals surface area contributed by atoms with E-state index in [0.29, 0.717) is 16.8 Å². The summed E-state index contributed by atoms with van der Waals surface area (Å²) in [7, 11) is 0. The molecule has 6 nitrogen and oxygen atoms in total. The van der Waals surface area contributed by atoms with Crippen molar-refractivity contribution in [2.75, 3.05) is 5.75 Å². The van der Waals surface area contributed by atoms with E-state index in [1.165, 1.54) is 24.6 Å². The fraction of sp³-hybridized carbons (Fsp3) is 0.444. The van der Waals surface area contributed by atoms with Crippen molar-refractivity contribution >= 4 is 39.7 Å². The molecule has 2 heterocycles. The van der Waals surface area contributed by atoms with Gasteiger partial charge in [-0.05, 0) is 38.7 Å². The van der Waals surface area contributed by atoms with Crippen LogP contribution < -0.4 is 5.32 Å². The van der Waals surface area contributed by atoms with Crippen LogP contribution in [0.2, 0.25) is 0 Å². The van der Waals surface area contributed by atoms with Crippen molar-refractivity contribution in [3.8, 4) is 0 Å². The maximum atomic E-state index is 12.1. The number of para-hydroxylation sites is 1. The SMILES string of the molecule is CCn1c2ccccc2c2nnc(SCC(=O)NC(C)C3CC3)nc21. The van der Waals surface area contributed by atoms with Gasteiger partial charge in [-0.2, -0.15) is 0 Å². The maximum Gasteiger partial charge on any atom is 0.230 e. The number of aryl methyl sites for hydroxylation is 1. The second kappa shape index (κ2) is 6.63. The third kappa shape index (κ3) is 3.20. The van der Waals surface area contributed by atoms with Crippen LogP contribution in [0.3, 0.4) is 0 Å². The van der Waals surface area contributed by atoms with Crippen LogP contribution in [-0.2, 0) is 11.3 Å². The molecule has 130 valence electrons. The first-order valence-corrected chi connectivity index (χ1v) is 9.69. The predicted molar refractivity (Wildman–Crippen MR) is 99.6 cm³/mol. The van der Waals surface area contributed by atoms with E-state index in [4.69, 9.17) is 0 Å². The van der Waals surface area contributed by atoms with E-state index in [2.05, 4.69) is 45.0 Å². The van der Waals surface area contributed by atoms with E-state index in [-0.39, 0.29) is 11.9 Å². The Hall–Kier alpha value is -2.15. The monoisotopic (exact) mass is 355 g/mol. The van der Waals surface area contributed by atoms with Gasteiger partial charge in [-0.1, -0.05) is 30.0 Å². The number of hydrogen-bond donors (Lipinski definition) is 1. The fourth-order valence-electron chi connectivity index (χ4n) is 3.21. The first-order valence-electron chi connectivity index (χ1n) is 8.71. The molecule has 1 saturated carbocycles. The highest BCUT2D eigenvalue weighted by molar-refractivity contribution is 7.99. The largest absolute Gasteiger partial charge is 0.353 e. The smallest absolute Gasteiger partial charge is 0.230 e. The second-order valence-corrected chi connectivity index (χ2v) is 7.45. The minimum Gasteiger partial charge on any atom is -0.353 e. The molecule has 1 amide bonds. The van der Waals surface area contributed by atoms with Gasteiger partial charge in [0, 0.05) is 18.0 Å². The van der Waals surface area contributed by atoms with Gasteiger partial charge in [0.05, 0.1) is 11.3 Å². The Morgan fingerprint density at radius 2 is 2.16 bits per heavy atom. The Labute approximate surface area is 150 Å². The third-order valence-corrected chi connectivity index (χ3v) is 5.56. The number of hydrogen-bond acceptors (Lipinski definition) is 5. The molecule has 25 heavy (non-hydrogen) atoms. The van der Waals surface area contributed by atoms with E-state index in [0.717, 1.165) is 28.6 Å². The van der Waals surface area contributed by atoms with Crippen LogP contribution >= 0.6 is 11.8 Å². The van der Waals surface area contributed by atoms with Crippen molar-refractivity contribution in [1.29, 1.82) is 0 Å². The van der Waals surface area contributed by atoms with E-state index >= 15 is 0 Å². The third-order valence-electron chi connectivity index (χ3n) is 4.72. The minimum absolute atomic E-state index is 0.0316. The van der Waals surface area contributed by atoms with Gasteiger partial charge in [-0.25, -0.2) is 4.98 Å². The molecule has 1 fully saturated rings. The first-order chi connectivity index (χ1) is 12.2. The second-order valence-electron chi connectivity index (χ2n) is 6.51. The lowest BCUT2D eigenvalue weighted by atomic mass is 10.2. The van der Waals surface area contributed by atoms with Gasteiger partial charge in [0.1, 0.15) is 5.52 Å². The maximum absolute atomic E-state index is 12.1. The van der Waals surface area contributed by atoms with Gasteiger partial charge in [0.15, 0.2) is 5.65 Å². The molecule has 0 radical (unpaired) electrons. The van der Waals surface area contributed by atoms with Crippen LogP contribution in [-0.4, -0.2) is 37.5 Å². The standard InChI is InChI=1S/C18H21N5OS/c1-3-23-14-7-5-4-6-13(14)16-17(23)20-18(22-21-16)25-10-15(24)19-11(2)12-8-9-12/h4-7,11-12H,3,8-10H2,1-2H3,(H,19,24). The quantitative estimate of drug-likeness (QED) is 0.688. The molecule has 1 N–H and O–H groups in total. The lowest BCUT2D eigenvalue weighted by molar-refractivity contribution is -0.119. The Balaban J connectivity index is 1.54. The fourth-order valence-corrected chi connectivity index (χ4v) is 3.80. The summed E-state index contributed by atoms with van der Waals surface area (Å²) in [4.78, 5) is 16.7. The summed E-state index contributed by atoms with van der Waals surface area (Å²) >= 11 is 1.34. The van der Waals surface area contributed by atoms with Crippen LogP contribution in [0.15, 0.2) is 29.4 Å². The lowest BCUT2D eigenvalue weighted by Gasteiger charge is -2.11. The molecular weight excluding hydrogens is 334 g/mol.